The third-order valence-corrected chi connectivity index (χ3v) is 3.62. The van der Waals surface area contributed by atoms with Crippen molar-refractivity contribution in [1.82, 2.24) is 4.90 Å². The Morgan fingerprint density at radius 2 is 2.00 bits per heavy atom. The lowest BCUT2D eigenvalue weighted by Crippen LogP contribution is -2.26. The smallest absolute Gasteiger partial charge is 0.337 e. The van der Waals surface area contributed by atoms with Crippen LogP contribution in [0, 0.1) is 0 Å². The molecule has 2 aromatic rings. The molecule has 2 rings (SSSR count). The van der Waals surface area contributed by atoms with E-state index in [0.717, 1.165) is 17.0 Å². The third-order valence-electron chi connectivity index (χ3n) is 2.76. The summed E-state index contributed by atoms with van der Waals surface area (Å²) in [5.74, 6) is -0.426. The molecule has 1 amide bonds. The number of alkyl halides is 3. The number of hydrogen-bond acceptors (Lipinski definition) is 2. The average molecular weight is 299 g/mol. The van der Waals surface area contributed by atoms with Crippen molar-refractivity contribution in [3.63, 3.8) is 0 Å². The number of amides is 1. The van der Waals surface area contributed by atoms with E-state index >= 15 is 0 Å². The first kappa shape index (κ1) is 14.6. The molecule has 106 valence electrons. The summed E-state index contributed by atoms with van der Waals surface area (Å²) in [4.78, 5) is 14.5. The first-order valence-electron chi connectivity index (χ1n) is 5.83. The predicted octanol–water partition coefficient (Wildman–Crippen LogP) is 4.04. The van der Waals surface area contributed by atoms with Gasteiger partial charge in [0.1, 0.15) is 0 Å². The molecule has 0 aliphatic heterocycles. The molecule has 1 heterocycles. The fourth-order valence-electron chi connectivity index (χ4n) is 1.76. The van der Waals surface area contributed by atoms with Gasteiger partial charge in [-0.15, -0.1) is 11.3 Å². The Bertz CT molecular complexity index is 593. The number of nitrogens with zero attached hydrogens (tertiary/aromatic N) is 1. The molecule has 20 heavy (non-hydrogen) atoms. The van der Waals surface area contributed by atoms with E-state index < -0.39 is 17.6 Å². The second-order valence-electron chi connectivity index (χ2n) is 4.32. The van der Waals surface area contributed by atoms with Crippen LogP contribution in [0.1, 0.15) is 20.8 Å². The molecule has 0 bridgehead atoms. The van der Waals surface area contributed by atoms with Crippen molar-refractivity contribution in [2.24, 2.45) is 0 Å². The molecule has 0 radical (unpaired) electrons. The minimum absolute atomic E-state index is 0.0406. The number of hydrogen-bond donors (Lipinski definition) is 0. The van der Waals surface area contributed by atoms with Crippen LogP contribution in [0.4, 0.5) is 13.2 Å². The number of thiophene rings is 1. The van der Waals surface area contributed by atoms with Crippen LogP contribution in [0.15, 0.2) is 41.8 Å². The number of benzene rings is 1. The van der Waals surface area contributed by atoms with Crippen molar-refractivity contribution in [3.05, 3.63) is 57.8 Å². The highest BCUT2D eigenvalue weighted by molar-refractivity contribution is 7.09. The molecule has 6 heteroatoms. The van der Waals surface area contributed by atoms with Crippen LogP contribution in [0.25, 0.3) is 0 Å². The summed E-state index contributed by atoms with van der Waals surface area (Å²) >= 11 is 1.50. The van der Waals surface area contributed by atoms with Gasteiger partial charge in [-0.25, -0.2) is 0 Å². The maximum atomic E-state index is 12.6. The van der Waals surface area contributed by atoms with E-state index in [1.807, 2.05) is 17.5 Å². The Morgan fingerprint density at radius 3 is 2.60 bits per heavy atom. The molecule has 0 unspecified atom stereocenters. The van der Waals surface area contributed by atoms with E-state index in [9.17, 15) is 18.0 Å². The summed E-state index contributed by atoms with van der Waals surface area (Å²) in [6.45, 7) is 0.382. The van der Waals surface area contributed by atoms with Gasteiger partial charge < -0.3 is 4.90 Å². The summed E-state index contributed by atoms with van der Waals surface area (Å²) in [6.07, 6.45) is -4.44. The highest BCUT2D eigenvalue weighted by atomic mass is 32.1. The van der Waals surface area contributed by atoms with Gasteiger partial charge in [0.2, 0.25) is 0 Å². The summed E-state index contributed by atoms with van der Waals surface area (Å²) < 4.78 is 37.8. The molecule has 0 saturated heterocycles. The van der Waals surface area contributed by atoms with Gasteiger partial charge in [0.15, 0.2) is 0 Å². The molecule has 0 aliphatic carbocycles. The van der Waals surface area contributed by atoms with E-state index in [1.54, 1.807) is 7.05 Å². The van der Waals surface area contributed by atoms with Crippen LogP contribution in [0.2, 0.25) is 0 Å². The predicted molar refractivity (Wildman–Crippen MR) is 71.6 cm³/mol. The molecule has 0 saturated carbocycles. The Labute approximate surface area is 118 Å². The van der Waals surface area contributed by atoms with E-state index in [1.165, 1.54) is 28.4 Å². The zero-order valence-electron chi connectivity index (χ0n) is 10.6. The van der Waals surface area contributed by atoms with Gasteiger partial charge in [0, 0.05) is 17.5 Å². The van der Waals surface area contributed by atoms with Crippen molar-refractivity contribution >= 4 is 17.2 Å². The average Bonchev–Trinajstić information content (AvgIpc) is 2.90. The van der Waals surface area contributed by atoms with E-state index in [4.69, 9.17) is 0 Å². The molecule has 0 N–H and O–H groups in total. The van der Waals surface area contributed by atoms with Gasteiger partial charge >= 0.3 is 6.18 Å². The molecule has 0 aliphatic rings. The second kappa shape index (κ2) is 5.66. The van der Waals surface area contributed by atoms with Gasteiger partial charge in [0.25, 0.3) is 5.91 Å². The monoisotopic (exact) mass is 299 g/mol. The van der Waals surface area contributed by atoms with Crippen LogP contribution in [-0.4, -0.2) is 17.9 Å². The Hall–Kier alpha value is -1.82. The zero-order chi connectivity index (χ0) is 14.8. The number of carbonyl (C=O) groups is 1. The Kier molecular flexibility index (Phi) is 4.13. The van der Waals surface area contributed by atoms with Gasteiger partial charge in [-0.1, -0.05) is 12.1 Å². The maximum absolute atomic E-state index is 12.6. The lowest BCUT2D eigenvalue weighted by molar-refractivity contribution is -0.137. The molecular weight excluding hydrogens is 287 g/mol. The quantitative estimate of drug-likeness (QED) is 0.837. The topological polar surface area (TPSA) is 20.3 Å². The van der Waals surface area contributed by atoms with E-state index in [0.29, 0.717) is 6.54 Å². The number of halogens is 3. The van der Waals surface area contributed by atoms with Gasteiger partial charge in [-0.2, -0.15) is 13.2 Å². The van der Waals surface area contributed by atoms with Crippen LogP contribution in [-0.2, 0) is 12.7 Å². The molecular formula is C14H12F3NOS. The highest BCUT2D eigenvalue weighted by Gasteiger charge is 2.31. The van der Waals surface area contributed by atoms with Crippen molar-refractivity contribution in [2.75, 3.05) is 7.05 Å². The van der Waals surface area contributed by atoms with Crippen LogP contribution >= 0.6 is 11.3 Å². The van der Waals surface area contributed by atoms with Crippen molar-refractivity contribution in [2.45, 2.75) is 12.7 Å². The molecule has 1 aromatic heterocycles. The van der Waals surface area contributed by atoms with Gasteiger partial charge in [-0.05, 0) is 29.6 Å². The number of carbonyl (C=O) groups excluding carboxylic acids is 1. The summed E-state index contributed by atoms with van der Waals surface area (Å²) in [7, 11) is 1.57. The summed E-state index contributed by atoms with van der Waals surface area (Å²) in [5.41, 5.74) is -0.772. The zero-order valence-corrected chi connectivity index (χ0v) is 11.5. The Morgan fingerprint density at radius 1 is 1.25 bits per heavy atom. The lowest BCUT2D eigenvalue weighted by atomic mass is 10.1. The SMILES string of the molecule is CN(Cc1cccs1)C(=O)c1cccc(C(F)(F)F)c1. The molecule has 0 fully saturated rings. The maximum Gasteiger partial charge on any atom is 0.416 e. The van der Waals surface area contributed by atoms with Crippen LogP contribution < -0.4 is 0 Å². The standard InChI is InChI=1S/C14H12F3NOS/c1-18(9-12-6-3-7-20-12)13(19)10-4-2-5-11(8-10)14(15,16)17/h2-8H,9H2,1H3. The van der Waals surface area contributed by atoms with E-state index in [2.05, 4.69) is 0 Å². The minimum atomic E-state index is -4.44. The van der Waals surface area contributed by atoms with E-state index in [-0.39, 0.29) is 5.56 Å². The second-order valence-corrected chi connectivity index (χ2v) is 5.35. The lowest BCUT2D eigenvalue weighted by Gasteiger charge is -2.17. The molecule has 0 spiro atoms. The van der Waals surface area contributed by atoms with Crippen molar-refractivity contribution in [1.29, 1.82) is 0 Å². The molecule has 2 nitrogen and oxygen atoms in total. The van der Waals surface area contributed by atoms with Crippen LogP contribution in [0.5, 0.6) is 0 Å². The highest BCUT2D eigenvalue weighted by Crippen LogP contribution is 2.29. The number of rotatable bonds is 3. The normalized spacial score (nSPS) is 11.4. The minimum Gasteiger partial charge on any atom is -0.337 e. The van der Waals surface area contributed by atoms with Crippen molar-refractivity contribution in [3.8, 4) is 0 Å². The Balaban J connectivity index is 2.16. The van der Waals surface area contributed by atoms with Crippen molar-refractivity contribution < 1.29 is 18.0 Å². The van der Waals surface area contributed by atoms with Gasteiger partial charge in [0.05, 0.1) is 12.1 Å². The fraction of sp³-hybridized carbons (Fsp3) is 0.214. The summed E-state index contributed by atoms with van der Waals surface area (Å²) in [5, 5.41) is 1.89. The van der Waals surface area contributed by atoms with Gasteiger partial charge in [-0.3, -0.25) is 4.79 Å². The van der Waals surface area contributed by atoms with Crippen LogP contribution in [0.3, 0.4) is 0 Å². The fourth-order valence-corrected chi connectivity index (χ4v) is 2.51. The summed E-state index contributed by atoms with van der Waals surface area (Å²) in [6, 6.07) is 8.21. The first-order chi connectivity index (χ1) is 9.38. The first-order valence-corrected chi connectivity index (χ1v) is 6.71. The largest absolute Gasteiger partial charge is 0.416 e. The molecule has 0 atom stereocenters. The molecule has 1 aromatic carbocycles. The third kappa shape index (κ3) is 3.39.